The summed E-state index contributed by atoms with van der Waals surface area (Å²) >= 11 is 12.3. The molecule has 1 aliphatic heterocycles. The molecule has 3 rings (SSSR count). The van der Waals surface area contributed by atoms with Gasteiger partial charge in [0.2, 0.25) is 11.8 Å². The van der Waals surface area contributed by atoms with Gasteiger partial charge in [0.1, 0.15) is 13.1 Å². The number of amides is 3. The van der Waals surface area contributed by atoms with Gasteiger partial charge in [0.25, 0.3) is 5.91 Å². The predicted molar refractivity (Wildman–Crippen MR) is 133 cm³/mol. The Hall–Kier alpha value is -3.11. The topological polar surface area (TPSA) is 88.1 Å². The van der Waals surface area contributed by atoms with Gasteiger partial charge in [0.15, 0.2) is 5.60 Å². The molecule has 1 aliphatic rings. The lowest BCUT2D eigenvalue weighted by molar-refractivity contribution is -0.141. The van der Waals surface area contributed by atoms with Crippen LogP contribution in [-0.2, 0) is 20.0 Å². The molecule has 37 heavy (non-hydrogen) atoms. The Morgan fingerprint density at radius 2 is 1.78 bits per heavy atom. The first-order valence-electron chi connectivity index (χ1n) is 11.2. The molecule has 7 nitrogen and oxygen atoms in total. The number of halogens is 5. The van der Waals surface area contributed by atoms with Crippen molar-refractivity contribution < 1.29 is 32.4 Å². The third kappa shape index (κ3) is 7.01. The average Bonchev–Trinajstić information content (AvgIpc) is 3.22. The summed E-state index contributed by atoms with van der Waals surface area (Å²) in [4.78, 5) is 43.8. The van der Waals surface area contributed by atoms with Crippen LogP contribution < -0.4 is 5.32 Å². The standard InChI is InChI=1S/C25H24Cl2F3N3O4/c1-4-22(35)33(12-21(34)31-13-25(28,29)30)23(36)19-6-5-15(7-14(19)2)20-11-24(3,37-32-20)16-8-17(26)10-18(27)9-16/h5-10H,4,11-13H2,1-3H3,(H,31,34). The van der Waals surface area contributed by atoms with E-state index in [0.717, 1.165) is 5.56 Å². The van der Waals surface area contributed by atoms with Gasteiger partial charge in [-0.2, -0.15) is 13.2 Å². The summed E-state index contributed by atoms with van der Waals surface area (Å²) in [5.74, 6) is -2.58. The van der Waals surface area contributed by atoms with E-state index in [2.05, 4.69) is 5.16 Å². The van der Waals surface area contributed by atoms with Gasteiger partial charge in [-0.25, -0.2) is 0 Å². The molecule has 2 aromatic carbocycles. The summed E-state index contributed by atoms with van der Waals surface area (Å²) in [6.45, 7) is 2.57. The molecule has 3 amide bonds. The first-order chi connectivity index (χ1) is 17.2. The van der Waals surface area contributed by atoms with E-state index >= 15 is 0 Å². The molecule has 0 saturated heterocycles. The van der Waals surface area contributed by atoms with Crippen molar-refractivity contribution in [1.29, 1.82) is 0 Å². The highest BCUT2D eigenvalue weighted by Gasteiger charge is 2.37. The number of alkyl halides is 3. The minimum Gasteiger partial charge on any atom is -0.384 e. The summed E-state index contributed by atoms with van der Waals surface area (Å²) in [6.07, 6.45) is -4.35. The Kier molecular flexibility index (Phi) is 8.54. The van der Waals surface area contributed by atoms with Crippen molar-refractivity contribution >= 4 is 46.6 Å². The molecule has 1 unspecified atom stereocenters. The molecule has 0 aromatic heterocycles. The Morgan fingerprint density at radius 3 is 2.35 bits per heavy atom. The number of rotatable bonds is 7. The number of hydrogen-bond donors (Lipinski definition) is 1. The van der Waals surface area contributed by atoms with Crippen molar-refractivity contribution in [1.82, 2.24) is 10.2 Å². The van der Waals surface area contributed by atoms with E-state index in [0.29, 0.717) is 38.2 Å². The molecule has 12 heteroatoms. The van der Waals surface area contributed by atoms with Gasteiger partial charge in [0.05, 0.1) is 5.71 Å². The zero-order valence-corrected chi connectivity index (χ0v) is 21.7. The van der Waals surface area contributed by atoms with E-state index < -0.39 is 42.6 Å². The van der Waals surface area contributed by atoms with Crippen molar-refractivity contribution in [2.45, 2.75) is 45.4 Å². The summed E-state index contributed by atoms with van der Waals surface area (Å²) in [5, 5.41) is 6.79. The van der Waals surface area contributed by atoms with Gasteiger partial charge in [-0.1, -0.05) is 41.3 Å². The van der Waals surface area contributed by atoms with Gasteiger partial charge in [-0.15, -0.1) is 0 Å². The maximum absolute atomic E-state index is 13.1. The molecule has 2 aromatic rings. The summed E-state index contributed by atoms with van der Waals surface area (Å²) in [7, 11) is 0. The molecule has 1 atom stereocenters. The first-order valence-corrected chi connectivity index (χ1v) is 12.0. The molecule has 0 bridgehead atoms. The Labute approximate surface area is 221 Å². The fourth-order valence-electron chi connectivity index (χ4n) is 3.80. The van der Waals surface area contributed by atoms with Crippen LogP contribution in [0, 0.1) is 6.92 Å². The highest BCUT2D eigenvalue weighted by molar-refractivity contribution is 6.34. The normalized spacial score (nSPS) is 17.1. The second-order valence-corrected chi connectivity index (χ2v) is 9.63. The minimum absolute atomic E-state index is 0.115. The van der Waals surface area contributed by atoms with Crippen LogP contribution in [0.1, 0.15) is 53.7 Å². The lowest BCUT2D eigenvalue weighted by atomic mass is 9.88. The van der Waals surface area contributed by atoms with Crippen molar-refractivity contribution in [3.8, 4) is 0 Å². The van der Waals surface area contributed by atoms with Crippen LogP contribution in [-0.4, -0.2) is 47.6 Å². The molecule has 0 radical (unpaired) electrons. The summed E-state index contributed by atoms with van der Waals surface area (Å²) in [5.41, 5.74) is 1.80. The maximum atomic E-state index is 13.1. The van der Waals surface area contributed by atoms with Crippen LogP contribution in [0.15, 0.2) is 41.6 Å². The first kappa shape index (κ1) is 28.5. The molecule has 0 spiro atoms. The third-order valence-electron chi connectivity index (χ3n) is 5.76. The van der Waals surface area contributed by atoms with Crippen LogP contribution in [0.5, 0.6) is 0 Å². The number of imide groups is 1. The number of nitrogens with zero attached hydrogens (tertiary/aromatic N) is 2. The molecule has 1 heterocycles. The number of oxime groups is 1. The molecular weight excluding hydrogens is 534 g/mol. The van der Waals surface area contributed by atoms with E-state index in [1.807, 2.05) is 6.92 Å². The van der Waals surface area contributed by atoms with Gasteiger partial charge >= 0.3 is 6.18 Å². The molecule has 198 valence electrons. The maximum Gasteiger partial charge on any atom is 0.405 e. The van der Waals surface area contributed by atoms with E-state index in [9.17, 15) is 27.6 Å². The number of hydrogen-bond acceptors (Lipinski definition) is 5. The van der Waals surface area contributed by atoms with Gasteiger partial charge in [-0.3, -0.25) is 19.3 Å². The van der Waals surface area contributed by atoms with Crippen LogP contribution in [0.3, 0.4) is 0 Å². The van der Waals surface area contributed by atoms with Gasteiger partial charge in [-0.05, 0) is 55.3 Å². The van der Waals surface area contributed by atoms with Crippen LogP contribution in [0.4, 0.5) is 13.2 Å². The largest absolute Gasteiger partial charge is 0.405 e. The summed E-state index contributed by atoms with van der Waals surface area (Å²) in [6, 6.07) is 9.87. The van der Waals surface area contributed by atoms with Crippen molar-refractivity contribution in [2.75, 3.05) is 13.1 Å². The van der Waals surface area contributed by atoms with Crippen molar-refractivity contribution in [3.63, 3.8) is 0 Å². The van der Waals surface area contributed by atoms with Crippen LogP contribution in [0.2, 0.25) is 10.0 Å². The second-order valence-electron chi connectivity index (χ2n) is 8.76. The zero-order valence-electron chi connectivity index (χ0n) is 20.2. The Morgan fingerprint density at radius 1 is 1.14 bits per heavy atom. The molecular formula is C25H24Cl2F3N3O4. The smallest absolute Gasteiger partial charge is 0.384 e. The van der Waals surface area contributed by atoms with Crippen LogP contribution >= 0.6 is 23.2 Å². The quantitative estimate of drug-likeness (QED) is 0.493. The Bertz CT molecular complexity index is 1250. The summed E-state index contributed by atoms with van der Waals surface area (Å²) < 4.78 is 37.2. The molecule has 0 aliphatic carbocycles. The van der Waals surface area contributed by atoms with E-state index in [1.54, 1.807) is 42.6 Å². The SMILES string of the molecule is CCC(=O)N(CC(=O)NCC(F)(F)F)C(=O)c1ccc(C2=NOC(C)(c3cc(Cl)cc(Cl)c3)C2)cc1C. The minimum atomic E-state index is -4.62. The fraction of sp³-hybridized carbons (Fsp3) is 0.360. The highest BCUT2D eigenvalue weighted by Crippen LogP contribution is 2.38. The molecule has 1 N–H and O–H groups in total. The number of carbonyl (C=O) groups is 3. The predicted octanol–water partition coefficient (Wildman–Crippen LogP) is 5.40. The number of carbonyl (C=O) groups excluding carboxylic acids is 3. The molecule has 0 fully saturated rings. The Balaban J connectivity index is 1.78. The van der Waals surface area contributed by atoms with Crippen LogP contribution in [0.25, 0.3) is 0 Å². The average molecular weight is 558 g/mol. The second kappa shape index (κ2) is 11.1. The highest BCUT2D eigenvalue weighted by atomic mass is 35.5. The fourth-order valence-corrected chi connectivity index (χ4v) is 4.33. The number of aryl methyl sites for hydroxylation is 1. The zero-order chi connectivity index (χ0) is 27.5. The van der Waals surface area contributed by atoms with Gasteiger partial charge in [0, 0.05) is 34.0 Å². The monoisotopic (exact) mass is 557 g/mol. The lowest BCUT2D eigenvalue weighted by Crippen LogP contribution is -2.46. The van der Waals surface area contributed by atoms with E-state index in [4.69, 9.17) is 28.0 Å². The number of benzene rings is 2. The molecule has 0 saturated carbocycles. The lowest BCUT2D eigenvalue weighted by Gasteiger charge is -2.22. The van der Waals surface area contributed by atoms with Gasteiger partial charge < -0.3 is 10.2 Å². The number of nitrogens with one attached hydrogen (secondary N) is 1. The van der Waals surface area contributed by atoms with E-state index in [-0.39, 0.29) is 12.0 Å². The third-order valence-corrected chi connectivity index (χ3v) is 6.20. The van der Waals surface area contributed by atoms with Crippen molar-refractivity contribution in [2.24, 2.45) is 5.16 Å². The van der Waals surface area contributed by atoms with E-state index in [1.165, 1.54) is 13.0 Å². The van der Waals surface area contributed by atoms with Crippen molar-refractivity contribution in [3.05, 3.63) is 68.7 Å².